The van der Waals surface area contributed by atoms with Crippen LogP contribution in [0, 0.1) is 11.6 Å². The first-order valence-corrected chi connectivity index (χ1v) is 4.67. The van der Waals surface area contributed by atoms with Crippen LogP contribution in [0.2, 0.25) is 0 Å². The van der Waals surface area contributed by atoms with Gasteiger partial charge in [-0.2, -0.15) is 13.2 Å². The van der Waals surface area contributed by atoms with Gasteiger partial charge >= 0.3 is 6.18 Å². The Hall–Kier alpha value is -1.21. The van der Waals surface area contributed by atoms with E-state index in [1.165, 1.54) is 0 Å². The van der Waals surface area contributed by atoms with E-state index in [0.29, 0.717) is 0 Å². The second-order valence-electron chi connectivity index (χ2n) is 3.53. The smallest absolute Gasteiger partial charge is 0.388 e. The molecule has 0 unspecified atom stereocenters. The van der Waals surface area contributed by atoms with Gasteiger partial charge in [-0.3, -0.25) is 0 Å². The maximum absolute atomic E-state index is 13.1. The zero-order chi connectivity index (χ0) is 13.2. The number of benzene rings is 1. The molecule has 1 aromatic carbocycles. The molecule has 0 radical (unpaired) electrons. The number of aliphatic hydroxyl groups excluding tert-OH is 1. The van der Waals surface area contributed by atoms with Crippen LogP contribution in [-0.4, -0.2) is 17.3 Å². The van der Waals surface area contributed by atoms with Gasteiger partial charge in [-0.05, 0) is 12.1 Å². The van der Waals surface area contributed by atoms with Gasteiger partial charge in [-0.15, -0.1) is 0 Å². The van der Waals surface area contributed by atoms with Crippen molar-refractivity contribution < 1.29 is 27.1 Å². The fourth-order valence-corrected chi connectivity index (χ4v) is 1.32. The molecule has 1 aromatic rings. The number of rotatable bonds is 3. The molecule has 7 heteroatoms. The molecule has 2 atom stereocenters. The van der Waals surface area contributed by atoms with Crippen molar-refractivity contribution in [1.82, 2.24) is 0 Å². The zero-order valence-corrected chi connectivity index (χ0v) is 8.51. The van der Waals surface area contributed by atoms with Crippen LogP contribution in [0.5, 0.6) is 0 Å². The van der Waals surface area contributed by atoms with E-state index >= 15 is 0 Å². The Morgan fingerprint density at radius 1 is 1.18 bits per heavy atom. The Bertz CT molecular complexity index is 373. The van der Waals surface area contributed by atoms with E-state index in [0.717, 1.165) is 18.2 Å². The molecule has 0 aliphatic heterocycles. The molecular weight excluding hydrogens is 245 g/mol. The molecule has 0 amide bonds. The molecule has 96 valence electrons. The van der Waals surface area contributed by atoms with Crippen LogP contribution in [0.4, 0.5) is 22.0 Å². The lowest BCUT2D eigenvalue weighted by molar-refractivity contribution is -0.154. The topological polar surface area (TPSA) is 46.2 Å². The molecule has 0 saturated heterocycles. The highest BCUT2D eigenvalue weighted by molar-refractivity contribution is 5.22. The Morgan fingerprint density at radius 2 is 1.65 bits per heavy atom. The first-order valence-electron chi connectivity index (χ1n) is 4.67. The average molecular weight is 255 g/mol. The molecule has 0 spiro atoms. The van der Waals surface area contributed by atoms with E-state index in [1.807, 2.05) is 0 Å². The highest BCUT2D eigenvalue weighted by Gasteiger charge is 2.38. The summed E-state index contributed by atoms with van der Waals surface area (Å²) in [5.74, 6) is -2.21. The molecule has 3 N–H and O–H groups in total. The molecule has 1 rings (SSSR count). The molecular formula is C10H10F5NO. The molecule has 17 heavy (non-hydrogen) atoms. The lowest BCUT2D eigenvalue weighted by Crippen LogP contribution is -2.38. The average Bonchev–Trinajstić information content (AvgIpc) is 2.15. The molecule has 0 aliphatic rings. The molecule has 0 aliphatic carbocycles. The van der Waals surface area contributed by atoms with Crippen LogP contribution < -0.4 is 5.73 Å². The summed E-state index contributed by atoms with van der Waals surface area (Å²) < 4.78 is 62.6. The van der Waals surface area contributed by atoms with E-state index in [1.54, 1.807) is 0 Å². The van der Waals surface area contributed by atoms with Gasteiger partial charge in [-0.1, -0.05) is 6.07 Å². The highest BCUT2D eigenvalue weighted by atomic mass is 19.4. The summed E-state index contributed by atoms with van der Waals surface area (Å²) >= 11 is 0. The summed E-state index contributed by atoms with van der Waals surface area (Å²) in [4.78, 5) is 0. The third-order valence-corrected chi connectivity index (χ3v) is 2.23. The van der Waals surface area contributed by atoms with Crippen molar-refractivity contribution in [3.8, 4) is 0 Å². The quantitative estimate of drug-likeness (QED) is 0.814. The standard InChI is InChI=1S/C10H10F5NO/c11-5-2-1-3-6(12)9(5)7(17)4-8(16)10(13,14)15/h1-3,7-8,17H,4,16H2/t7-,8+/m0/s1. The fourth-order valence-electron chi connectivity index (χ4n) is 1.32. The number of halogens is 5. The van der Waals surface area contributed by atoms with Crippen LogP contribution in [0.15, 0.2) is 18.2 Å². The Morgan fingerprint density at radius 3 is 2.06 bits per heavy atom. The molecule has 0 aromatic heterocycles. The largest absolute Gasteiger partial charge is 0.403 e. The summed E-state index contributed by atoms with van der Waals surface area (Å²) in [6, 6.07) is 0.406. The summed E-state index contributed by atoms with van der Waals surface area (Å²) in [5, 5.41) is 9.36. The zero-order valence-electron chi connectivity index (χ0n) is 8.51. The van der Waals surface area contributed by atoms with Gasteiger partial charge in [0.15, 0.2) is 0 Å². The lowest BCUT2D eigenvalue weighted by atomic mass is 10.0. The minimum atomic E-state index is -4.72. The third-order valence-electron chi connectivity index (χ3n) is 2.23. The first kappa shape index (κ1) is 13.9. The number of hydrogen-bond donors (Lipinski definition) is 2. The van der Waals surface area contributed by atoms with Crippen molar-refractivity contribution in [1.29, 1.82) is 0 Å². The van der Waals surface area contributed by atoms with Crippen LogP contribution in [0.1, 0.15) is 18.1 Å². The number of alkyl halides is 3. The van der Waals surface area contributed by atoms with Crippen molar-refractivity contribution >= 4 is 0 Å². The van der Waals surface area contributed by atoms with E-state index in [2.05, 4.69) is 0 Å². The third kappa shape index (κ3) is 3.37. The number of aliphatic hydroxyl groups is 1. The van der Waals surface area contributed by atoms with E-state index in [-0.39, 0.29) is 0 Å². The normalized spacial score (nSPS) is 15.7. The van der Waals surface area contributed by atoms with Gasteiger partial charge in [0.2, 0.25) is 0 Å². The Kier molecular flexibility index (Phi) is 4.05. The lowest BCUT2D eigenvalue weighted by Gasteiger charge is -2.19. The maximum atomic E-state index is 13.1. The van der Waals surface area contributed by atoms with Crippen LogP contribution >= 0.6 is 0 Å². The van der Waals surface area contributed by atoms with Crippen molar-refractivity contribution in [2.24, 2.45) is 5.73 Å². The van der Waals surface area contributed by atoms with Crippen molar-refractivity contribution in [3.05, 3.63) is 35.4 Å². The van der Waals surface area contributed by atoms with Gasteiger partial charge in [-0.25, -0.2) is 8.78 Å². The van der Waals surface area contributed by atoms with Crippen molar-refractivity contribution in [3.63, 3.8) is 0 Å². The Balaban J connectivity index is 2.87. The summed E-state index contributed by atoms with van der Waals surface area (Å²) in [6.45, 7) is 0. The van der Waals surface area contributed by atoms with Crippen LogP contribution in [0.3, 0.4) is 0 Å². The van der Waals surface area contributed by atoms with Gasteiger partial charge in [0, 0.05) is 6.42 Å². The summed E-state index contributed by atoms with van der Waals surface area (Å²) in [7, 11) is 0. The van der Waals surface area contributed by atoms with E-state index in [9.17, 15) is 27.1 Å². The minimum Gasteiger partial charge on any atom is -0.388 e. The predicted octanol–water partition coefficient (Wildman–Crippen LogP) is 2.28. The van der Waals surface area contributed by atoms with Gasteiger partial charge < -0.3 is 10.8 Å². The molecule has 2 nitrogen and oxygen atoms in total. The van der Waals surface area contributed by atoms with Crippen molar-refractivity contribution in [2.75, 3.05) is 0 Å². The monoisotopic (exact) mass is 255 g/mol. The van der Waals surface area contributed by atoms with Gasteiger partial charge in [0.1, 0.15) is 17.7 Å². The molecule has 0 fully saturated rings. The van der Waals surface area contributed by atoms with Gasteiger partial charge in [0.25, 0.3) is 0 Å². The van der Waals surface area contributed by atoms with Crippen molar-refractivity contribution in [2.45, 2.75) is 24.7 Å². The molecule has 0 bridgehead atoms. The highest BCUT2D eigenvalue weighted by Crippen LogP contribution is 2.29. The fraction of sp³-hybridized carbons (Fsp3) is 0.400. The summed E-state index contributed by atoms with van der Waals surface area (Å²) in [5.41, 5.74) is 3.96. The first-order chi connectivity index (χ1) is 7.73. The minimum absolute atomic E-state index is 0.799. The van der Waals surface area contributed by atoms with Crippen LogP contribution in [0.25, 0.3) is 0 Å². The number of hydrogen-bond acceptors (Lipinski definition) is 2. The van der Waals surface area contributed by atoms with E-state index in [4.69, 9.17) is 5.73 Å². The predicted molar refractivity (Wildman–Crippen MR) is 50.0 cm³/mol. The maximum Gasteiger partial charge on any atom is 0.403 e. The molecule has 0 heterocycles. The SMILES string of the molecule is N[C@H](C[C@H](O)c1c(F)cccc1F)C(F)(F)F. The molecule has 0 saturated carbocycles. The van der Waals surface area contributed by atoms with E-state index < -0.39 is 41.9 Å². The van der Waals surface area contributed by atoms with Crippen LogP contribution in [-0.2, 0) is 0 Å². The Labute approximate surface area is 93.9 Å². The second kappa shape index (κ2) is 4.97. The number of nitrogens with two attached hydrogens (primary N) is 1. The second-order valence-corrected chi connectivity index (χ2v) is 3.53. The summed E-state index contributed by atoms with van der Waals surface area (Å²) in [6.07, 6.45) is -7.66. The van der Waals surface area contributed by atoms with Gasteiger partial charge in [0.05, 0.1) is 11.7 Å².